The van der Waals surface area contributed by atoms with E-state index in [4.69, 9.17) is 34.8 Å². The third-order valence-electron chi connectivity index (χ3n) is 2.81. The van der Waals surface area contributed by atoms with Crippen molar-refractivity contribution < 1.29 is 0 Å². The Bertz CT molecular complexity index is 238. The molecular weight excluding hydrogens is 306 g/mol. The number of rotatable bonds is 2. The number of allylic oxidation sites excluding steroid dienone is 2. The van der Waals surface area contributed by atoms with E-state index in [1.54, 1.807) is 0 Å². The van der Waals surface area contributed by atoms with Gasteiger partial charge in [0.1, 0.15) is 0 Å². The lowest BCUT2D eigenvalue weighted by molar-refractivity contribution is 0.341. The minimum absolute atomic E-state index is 0.0187. The Morgan fingerprint density at radius 1 is 1.64 bits per heavy atom. The van der Waals surface area contributed by atoms with Crippen molar-refractivity contribution in [3.8, 4) is 0 Å². The minimum atomic E-state index is -0.140. The van der Waals surface area contributed by atoms with Crippen molar-refractivity contribution in [1.29, 1.82) is 0 Å². The number of halogens is 4. The van der Waals surface area contributed by atoms with E-state index >= 15 is 0 Å². The van der Waals surface area contributed by atoms with Crippen molar-refractivity contribution in [2.45, 2.75) is 35.8 Å². The zero-order chi connectivity index (χ0) is 10.9. The van der Waals surface area contributed by atoms with Gasteiger partial charge in [-0.3, -0.25) is 0 Å². The van der Waals surface area contributed by atoms with Crippen LogP contribution in [0.1, 0.15) is 20.3 Å². The van der Waals surface area contributed by atoms with Crippen LogP contribution in [0.2, 0.25) is 0 Å². The molecule has 0 amide bonds. The second-order valence-electron chi connectivity index (χ2n) is 4.21. The summed E-state index contributed by atoms with van der Waals surface area (Å²) in [6.07, 6.45) is 3.08. The van der Waals surface area contributed by atoms with Crippen molar-refractivity contribution in [1.82, 2.24) is 0 Å². The summed E-state index contributed by atoms with van der Waals surface area (Å²) in [5.41, 5.74) is 1.09. The van der Waals surface area contributed by atoms with Crippen molar-refractivity contribution in [3.05, 3.63) is 11.6 Å². The van der Waals surface area contributed by atoms with Gasteiger partial charge in [-0.2, -0.15) is 0 Å². The Morgan fingerprint density at radius 2 is 2.21 bits per heavy atom. The SMILES string of the molecule is CC1(C)[C@@H](Br)CC=C([C@H](Cl)CCl)[C@@H]1Cl. The van der Waals surface area contributed by atoms with E-state index in [9.17, 15) is 0 Å². The van der Waals surface area contributed by atoms with Gasteiger partial charge in [0.25, 0.3) is 0 Å². The van der Waals surface area contributed by atoms with Gasteiger partial charge in [-0.1, -0.05) is 35.9 Å². The molecule has 0 aromatic rings. The number of alkyl halides is 4. The highest BCUT2D eigenvalue weighted by Gasteiger charge is 2.41. The van der Waals surface area contributed by atoms with E-state index < -0.39 is 0 Å². The Morgan fingerprint density at radius 3 is 2.71 bits per heavy atom. The molecule has 0 saturated heterocycles. The van der Waals surface area contributed by atoms with Gasteiger partial charge < -0.3 is 0 Å². The third kappa shape index (κ3) is 2.42. The fourth-order valence-corrected chi connectivity index (χ4v) is 3.07. The van der Waals surface area contributed by atoms with Gasteiger partial charge in [0.2, 0.25) is 0 Å². The van der Waals surface area contributed by atoms with Crippen molar-refractivity contribution in [3.63, 3.8) is 0 Å². The lowest BCUT2D eigenvalue weighted by Crippen LogP contribution is -2.40. The van der Waals surface area contributed by atoms with E-state index in [0.29, 0.717) is 10.7 Å². The highest BCUT2D eigenvalue weighted by Crippen LogP contribution is 2.45. The summed E-state index contributed by atoms with van der Waals surface area (Å²) in [5.74, 6) is 0.416. The predicted octanol–water partition coefficient (Wildman–Crippen LogP) is 4.56. The van der Waals surface area contributed by atoms with Crippen LogP contribution in [0.15, 0.2) is 11.6 Å². The Kier molecular flexibility index (Phi) is 4.65. The highest BCUT2D eigenvalue weighted by molar-refractivity contribution is 9.09. The van der Waals surface area contributed by atoms with Crippen LogP contribution in [-0.2, 0) is 0 Å². The Hall–Kier alpha value is 1.09. The fraction of sp³-hybridized carbons (Fsp3) is 0.800. The lowest BCUT2D eigenvalue weighted by atomic mass is 9.76. The average molecular weight is 320 g/mol. The molecule has 0 aromatic heterocycles. The second kappa shape index (κ2) is 4.95. The van der Waals surface area contributed by atoms with Crippen LogP contribution in [0.3, 0.4) is 0 Å². The van der Waals surface area contributed by atoms with E-state index in [2.05, 4.69) is 35.9 Å². The molecule has 0 unspecified atom stereocenters. The standard InChI is InChI=1S/C10H14BrCl3/c1-10(2)8(11)4-3-6(9(10)14)7(13)5-12/h3,7-9H,4-5H2,1-2H3/t7-,8+,9+/m1/s1. The van der Waals surface area contributed by atoms with Gasteiger partial charge in [0.05, 0.1) is 10.8 Å². The molecular formula is C10H14BrCl3. The maximum Gasteiger partial charge on any atom is 0.0695 e. The molecule has 0 nitrogen and oxygen atoms in total. The zero-order valence-electron chi connectivity index (χ0n) is 8.24. The first kappa shape index (κ1) is 13.2. The predicted molar refractivity (Wildman–Crippen MR) is 69.2 cm³/mol. The molecule has 0 heterocycles. The molecule has 0 radical (unpaired) electrons. The smallest absolute Gasteiger partial charge is 0.0695 e. The van der Waals surface area contributed by atoms with E-state index in [-0.39, 0.29) is 16.2 Å². The van der Waals surface area contributed by atoms with Gasteiger partial charge in [-0.05, 0) is 17.4 Å². The van der Waals surface area contributed by atoms with Crippen LogP contribution < -0.4 is 0 Å². The summed E-state index contributed by atoms with van der Waals surface area (Å²) in [7, 11) is 0. The van der Waals surface area contributed by atoms with Crippen LogP contribution in [0.5, 0.6) is 0 Å². The molecule has 0 saturated carbocycles. The first-order chi connectivity index (χ1) is 6.41. The van der Waals surface area contributed by atoms with Crippen molar-refractivity contribution in [2.75, 3.05) is 5.88 Å². The molecule has 0 aromatic carbocycles. The van der Waals surface area contributed by atoms with Gasteiger partial charge in [-0.15, -0.1) is 34.8 Å². The molecule has 1 aliphatic carbocycles. The molecule has 0 bridgehead atoms. The minimum Gasteiger partial charge on any atom is -0.125 e. The molecule has 0 fully saturated rings. The summed E-state index contributed by atoms with van der Waals surface area (Å²) in [5, 5.41) is -0.180. The van der Waals surface area contributed by atoms with Crippen LogP contribution in [-0.4, -0.2) is 21.5 Å². The second-order valence-corrected chi connectivity index (χ2v) is 6.59. The van der Waals surface area contributed by atoms with Crippen LogP contribution in [0, 0.1) is 5.41 Å². The topological polar surface area (TPSA) is 0 Å². The fourth-order valence-electron chi connectivity index (χ4n) is 1.61. The third-order valence-corrected chi connectivity index (χ3v) is 6.05. The Labute approximate surface area is 109 Å². The number of hydrogen-bond donors (Lipinski definition) is 0. The van der Waals surface area contributed by atoms with E-state index in [0.717, 1.165) is 12.0 Å². The average Bonchev–Trinajstić information content (AvgIpc) is 2.14. The van der Waals surface area contributed by atoms with Crippen molar-refractivity contribution >= 4 is 50.7 Å². The molecule has 0 N–H and O–H groups in total. The molecule has 1 aliphatic rings. The van der Waals surface area contributed by atoms with Crippen LogP contribution in [0.25, 0.3) is 0 Å². The summed E-state index contributed by atoms with van der Waals surface area (Å²) in [4.78, 5) is 0.403. The molecule has 1 rings (SSSR count). The van der Waals surface area contributed by atoms with Gasteiger partial charge in [0, 0.05) is 10.7 Å². The summed E-state index contributed by atoms with van der Waals surface area (Å²) < 4.78 is 0. The van der Waals surface area contributed by atoms with Gasteiger partial charge >= 0.3 is 0 Å². The lowest BCUT2D eigenvalue weighted by Gasteiger charge is -2.40. The molecule has 3 atom stereocenters. The highest BCUT2D eigenvalue weighted by atomic mass is 79.9. The zero-order valence-corrected chi connectivity index (χ0v) is 12.1. The first-order valence-electron chi connectivity index (χ1n) is 4.59. The molecule has 4 heteroatoms. The van der Waals surface area contributed by atoms with Crippen LogP contribution >= 0.6 is 50.7 Å². The monoisotopic (exact) mass is 318 g/mol. The van der Waals surface area contributed by atoms with E-state index in [1.807, 2.05) is 0 Å². The van der Waals surface area contributed by atoms with Crippen molar-refractivity contribution in [2.24, 2.45) is 5.41 Å². The van der Waals surface area contributed by atoms with Gasteiger partial charge in [-0.25, -0.2) is 0 Å². The summed E-state index contributed by atoms with van der Waals surface area (Å²) in [6.45, 7) is 4.30. The maximum absolute atomic E-state index is 6.40. The molecule has 14 heavy (non-hydrogen) atoms. The van der Waals surface area contributed by atoms with Crippen LogP contribution in [0.4, 0.5) is 0 Å². The van der Waals surface area contributed by atoms with Gasteiger partial charge in [0.15, 0.2) is 0 Å². The largest absolute Gasteiger partial charge is 0.125 e. The summed E-state index contributed by atoms with van der Waals surface area (Å²) in [6, 6.07) is 0. The first-order valence-corrected chi connectivity index (χ1v) is 6.91. The molecule has 82 valence electrons. The molecule has 0 spiro atoms. The maximum atomic E-state index is 6.40. The quantitative estimate of drug-likeness (QED) is 0.517. The summed E-state index contributed by atoms with van der Waals surface area (Å²) >= 11 is 21.9. The van der Waals surface area contributed by atoms with E-state index in [1.165, 1.54) is 0 Å². The Balaban J connectivity index is 2.90. The normalized spacial score (nSPS) is 33.7. The number of hydrogen-bond acceptors (Lipinski definition) is 0. The molecule has 0 aliphatic heterocycles.